The van der Waals surface area contributed by atoms with Crippen molar-refractivity contribution in [3.05, 3.63) is 41.2 Å². The molecule has 1 atom stereocenters. The van der Waals surface area contributed by atoms with Gasteiger partial charge in [0.25, 0.3) is 0 Å². The minimum Gasteiger partial charge on any atom is -0.515 e. The molecule has 0 saturated heterocycles. The number of aliphatic hydroxyl groups is 1. The van der Waals surface area contributed by atoms with Crippen LogP contribution in [0.1, 0.15) is 79.0 Å². The highest BCUT2D eigenvalue weighted by Gasteiger charge is 2.33. The fraction of sp³-hybridized carbons (Fsp3) is 0.455. The van der Waals surface area contributed by atoms with Crippen molar-refractivity contribution in [1.82, 2.24) is 0 Å². The van der Waals surface area contributed by atoms with Crippen LogP contribution in [0.2, 0.25) is 0 Å². The Morgan fingerprint density at radius 3 is 2.34 bits per heavy atom. The summed E-state index contributed by atoms with van der Waals surface area (Å²) in [4.78, 5) is 47.9. The number of fused-ring (bicyclic) bond motifs is 1. The van der Waals surface area contributed by atoms with Crippen molar-refractivity contribution in [3.8, 4) is 0 Å². The van der Waals surface area contributed by atoms with E-state index in [4.69, 9.17) is 10.2 Å². The van der Waals surface area contributed by atoms with Gasteiger partial charge in [-0.15, -0.1) is 0 Å². The number of aliphatic carboxylic acids is 1. The van der Waals surface area contributed by atoms with Gasteiger partial charge in [-0.1, -0.05) is 45.4 Å². The van der Waals surface area contributed by atoms with Crippen molar-refractivity contribution in [1.29, 1.82) is 0 Å². The number of carboxylic acid groups (broad SMARTS) is 1. The third-order valence-electron chi connectivity index (χ3n) is 5.09. The number of Topliss-reactive ketones (excluding diaryl/α,β-unsaturated/α-hetero) is 2. The maximum atomic E-state index is 12.6. The van der Waals surface area contributed by atoms with Crippen LogP contribution in [0, 0.1) is 5.92 Å². The van der Waals surface area contributed by atoms with E-state index in [2.05, 4.69) is 12.2 Å². The zero-order valence-corrected chi connectivity index (χ0v) is 16.6. The average molecular weight is 401 g/mol. The second kappa shape index (κ2) is 10.5. The predicted octanol–water partition coefficient (Wildman–Crippen LogP) is 4.29. The smallest absolute Gasteiger partial charge is 0.304 e. The van der Waals surface area contributed by atoms with Gasteiger partial charge in [-0.2, -0.15) is 0 Å². The molecule has 156 valence electrons. The summed E-state index contributed by atoms with van der Waals surface area (Å²) in [7, 11) is 0. The maximum absolute atomic E-state index is 12.6. The maximum Gasteiger partial charge on any atom is 0.304 e. The first-order valence-corrected chi connectivity index (χ1v) is 9.99. The van der Waals surface area contributed by atoms with E-state index in [9.17, 15) is 19.2 Å². The number of hydrogen-bond acceptors (Lipinski definition) is 5. The zero-order chi connectivity index (χ0) is 21.4. The molecule has 0 fully saturated rings. The SMILES string of the molecule is CCCCCCCCC(CC(=O)O)C(=O)Nc1ccc2c(c1)C(=O)/C(=C\O)C2=O. The third-order valence-corrected chi connectivity index (χ3v) is 5.09. The van der Waals surface area contributed by atoms with Crippen molar-refractivity contribution >= 4 is 29.1 Å². The lowest BCUT2D eigenvalue weighted by atomic mass is 9.96. The number of carboxylic acids is 1. The van der Waals surface area contributed by atoms with Gasteiger partial charge in [0.05, 0.1) is 12.7 Å². The van der Waals surface area contributed by atoms with Crippen LogP contribution in [0.5, 0.6) is 0 Å². The van der Waals surface area contributed by atoms with Crippen molar-refractivity contribution in [3.63, 3.8) is 0 Å². The number of carbonyl (C=O) groups is 4. The molecule has 1 aliphatic rings. The zero-order valence-electron chi connectivity index (χ0n) is 16.6. The lowest BCUT2D eigenvalue weighted by molar-refractivity contribution is -0.140. The van der Waals surface area contributed by atoms with Crippen LogP contribution < -0.4 is 5.32 Å². The number of benzene rings is 1. The molecule has 0 aromatic heterocycles. The highest BCUT2D eigenvalue weighted by Crippen LogP contribution is 2.29. The van der Waals surface area contributed by atoms with Crippen LogP contribution in [0.4, 0.5) is 5.69 Å². The van der Waals surface area contributed by atoms with E-state index in [1.54, 1.807) is 0 Å². The molecule has 7 heteroatoms. The number of allylic oxidation sites excluding steroid dienone is 1. The van der Waals surface area contributed by atoms with E-state index in [1.165, 1.54) is 24.6 Å². The van der Waals surface area contributed by atoms with Crippen molar-refractivity contribution in [2.75, 3.05) is 5.32 Å². The molecule has 1 aromatic rings. The summed E-state index contributed by atoms with van der Waals surface area (Å²) in [6.45, 7) is 2.14. The molecule has 1 unspecified atom stereocenters. The molecule has 3 N–H and O–H groups in total. The quantitative estimate of drug-likeness (QED) is 0.220. The minimum absolute atomic E-state index is 0.110. The van der Waals surface area contributed by atoms with Crippen molar-refractivity contribution in [2.24, 2.45) is 5.92 Å². The van der Waals surface area contributed by atoms with E-state index in [-0.39, 0.29) is 23.1 Å². The van der Waals surface area contributed by atoms with Crippen LogP contribution in [-0.4, -0.2) is 33.7 Å². The number of unbranched alkanes of at least 4 members (excludes halogenated alkanes) is 5. The number of nitrogens with one attached hydrogen (secondary N) is 1. The van der Waals surface area contributed by atoms with Crippen molar-refractivity contribution < 1.29 is 29.4 Å². The normalized spacial score (nSPS) is 15.4. The largest absolute Gasteiger partial charge is 0.515 e. The van der Waals surface area contributed by atoms with E-state index in [0.717, 1.165) is 32.1 Å². The summed E-state index contributed by atoms with van der Waals surface area (Å²) in [6, 6.07) is 4.29. The van der Waals surface area contributed by atoms with E-state index in [0.29, 0.717) is 18.4 Å². The Hall–Kier alpha value is -2.96. The van der Waals surface area contributed by atoms with Crippen LogP contribution >= 0.6 is 0 Å². The summed E-state index contributed by atoms with van der Waals surface area (Å²) in [5.74, 6) is -3.29. The predicted molar refractivity (Wildman–Crippen MR) is 108 cm³/mol. The summed E-state index contributed by atoms with van der Waals surface area (Å²) in [5, 5.41) is 20.9. The number of ketones is 2. The Labute approximate surface area is 169 Å². The number of rotatable bonds is 11. The number of amides is 1. The van der Waals surface area contributed by atoms with Crippen LogP contribution in [0.3, 0.4) is 0 Å². The highest BCUT2D eigenvalue weighted by atomic mass is 16.4. The van der Waals surface area contributed by atoms with Gasteiger partial charge in [0, 0.05) is 22.7 Å². The van der Waals surface area contributed by atoms with Gasteiger partial charge in [-0.05, 0) is 24.6 Å². The first-order valence-electron chi connectivity index (χ1n) is 9.99. The van der Waals surface area contributed by atoms with Gasteiger partial charge < -0.3 is 15.5 Å². The first-order chi connectivity index (χ1) is 13.9. The number of carbonyl (C=O) groups excluding carboxylic acids is 3. The standard InChI is InChI=1S/C22H27NO6/c1-2-3-4-5-6-7-8-14(11-19(25)26)22(29)23-15-9-10-16-17(12-15)21(28)18(13-24)20(16)27/h9-10,12-14,24H,2-8,11H2,1H3,(H,23,29)(H,25,26)/b18-13-. The Morgan fingerprint density at radius 1 is 1.03 bits per heavy atom. The fourth-order valence-corrected chi connectivity index (χ4v) is 3.47. The Kier molecular flexibility index (Phi) is 8.12. The molecule has 0 radical (unpaired) electrons. The average Bonchev–Trinajstić information content (AvgIpc) is 2.92. The van der Waals surface area contributed by atoms with Gasteiger partial charge in [-0.3, -0.25) is 19.2 Å². The number of anilines is 1. The second-order valence-electron chi connectivity index (χ2n) is 7.30. The fourth-order valence-electron chi connectivity index (χ4n) is 3.47. The molecule has 7 nitrogen and oxygen atoms in total. The molecule has 0 aliphatic heterocycles. The number of hydrogen-bond donors (Lipinski definition) is 3. The first kappa shape index (κ1) is 22.3. The molecule has 0 spiro atoms. The van der Waals surface area contributed by atoms with Gasteiger partial charge in [0.15, 0.2) is 0 Å². The summed E-state index contributed by atoms with van der Waals surface area (Å²) >= 11 is 0. The van der Waals surface area contributed by atoms with Crippen LogP contribution in [0.15, 0.2) is 30.0 Å². The minimum atomic E-state index is -1.04. The highest BCUT2D eigenvalue weighted by molar-refractivity contribution is 6.39. The third kappa shape index (κ3) is 5.76. The summed E-state index contributed by atoms with van der Waals surface area (Å²) in [6.07, 6.45) is 6.96. The lowest BCUT2D eigenvalue weighted by Gasteiger charge is -2.15. The number of aliphatic hydroxyl groups excluding tert-OH is 1. The van der Waals surface area contributed by atoms with Gasteiger partial charge >= 0.3 is 5.97 Å². The molecular weight excluding hydrogens is 374 g/mol. The van der Waals surface area contributed by atoms with Crippen LogP contribution in [0.25, 0.3) is 0 Å². The summed E-state index contributed by atoms with van der Waals surface area (Å²) in [5.41, 5.74) is 0.281. The lowest BCUT2D eigenvalue weighted by Crippen LogP contribution is -2.25. The molecule has 2 rings (SSSR count). The van der Waals surface area contributed by atoms with Crippen molar-refractivity contribution in [2.45, 2.75) is 58.3 Å². The Bertz CT molecular complexity index is 827. The van der Waals surface area contributed by atoms with Crippen LogP contribution in [-0.2, 0) is 9.59 Å². The van der Waals surface area contributed by atoms with E-state index in [1.807, 2.05) is 0 Å². The topological polar surface area (TPSA) is 121 Å². The molecule has 1 amide bonds. The van der Waals surface area contributed by atoms with Gasteiger partial charge in [0.1, 0.15) is 5.57 Å². The molecule has 0 saturated carbocycles. The second-order valence-corrected chi connectivity index (χ2v) is 7.30. The Balaban J connectivity index is 2.02. The summed E-state index contributed by atoms with van der Waals surface area (Å²) < 4.78 is 0. The Morgan fingerprint density at radius 2 is 1.69 bits per heavy atom. The molecule has 0 heterocycles. The van der Waals surface area contributed by atoms with E-state index >= 15 is 0 Å². The monoisotopic (exact) mass is 401 g/mol. The molecule has 1 aliphatic carbocycles. The molecular formula is C22H27NO6. The van der Waals surface area contributed by atoms with Gasteiger partial charge in [-0.25, -0.2) is 0 Å². The molecule has 1 aromatic carbocycles. The molecule has 29 heavy (non-hydrogen) atoms. The molecule has 0 bridgehead atoms. The van der Waals surface area contributed by atoms with Gasteiger partial charge in [0.2, 0.25) is 17.5 Å². The van der Waals surface area contributed by atoms with E-state index < -0.39 is 29.4 Å².